The van der Waals surface area contributed by atoms with Crippen LogP contribution in [0, 0.1) is 6.92 Å². The molecule has 11 heteroatoms. The van der Waals surface area contributed by atoms with E-state index in [0.717, 1.165) is 25.3 Å². The number of hydrogen-bond donors (Lipinski definition) is 3. The number of unbranched alkanes of at least 4 members (excludes halogenated alkanes) is 2. The first-order valence-corrected chi connectivity index (χ1v) is 12.7. The zero-order valence-corrected chi connectivity index (χ0v) is 20.6. The van der Waals surface area contributed by atoms with Gasteiger partial charge in [-0.1, -0.05) is 42.3 Å². The number of aryl methyl sites for hydroxylation is 2. The summed E-state index contributed by atoms with van der Waals surface area (Å²) < 4.78 is 82.9. The van der Waals surface area contributed by atoms with Gasteiger partial charge in [0, 0.05) is 18.8 Å². The molecule has 0 saturated heterocycles. The van der Waals surface area contributed by atoms with Crippen LogP contribution in [-0.4, -0.2) is 30.8 Å². The van der Waals surface area contributed by atoms with Gasteiger partial charge in [0.15, 0.2) is 0 Å². The molecule has 0 heterocycles. The van der Waals surface area contributed by atoms with Crippen LogP contribution >= 0.6 is 8.25 Å². The number of hydrogen-bond acceptors (Lipinski definition) is 4. The lowest BCUT2D eigenvalue weighted by Gasteiger charge is -2.24. The molecule has 2 rings (SSSR count). The summed E-state index contributed by atoms with van der Waals surface area (Å²) >= 11 is 0. The number of rotatable bonds is 15. The molecule has 0 spiro atoms. The van der Waals surface area contributed by atoms with E-state index in [4.69, 9.17) is 4.89 Å². The fraction of sp³-hybridized carbons (Fsp3) is 0.500. The van der Waals surface area contributed by atoms with Crippen LogP contribution < -0.4 is 10.6 Å². The van der Waals surface area contributed by atoms with Gasteiger partial charge in [-0.3, -0.25) is 4.57 Å². The Balaban J connectivity index is 1.91. The van der Waals surface area contributed by atoms with E-state index >= 15 is 0 Å². The molecule has 1 atom stereocenters. The lowest BCUT2D eigenvalue weighted by molar-refractivity contribution is -0.289. The highest BCUT2D eigenvalue weighted by molar-refractivity contribution is 7.32. The molecule has 0 fully saturated rings. The third kappa shape index (κ3) is 9.88. The number of benzene rings is 2. The predicted octanol–water partition coefficient (Wildman–Crippen LogP) is 6.35. The summed E-state index contributed by atoms with van der Waals surface area (Å²) in [4.78, 5) is 8.58. The molecule has 2 aromatic rings. The fourth-order valence-electron chi connectivity index (χ4n) is 3.47. The van der Waals surface area contributed by atoms with Gasteiger partial charge in [0.1, 0.15) is 0 Å². The molecule has 2 aromatic carbocycles. The Bertz CT molecular complexity index is 940. The van der Waals surface area contributed by atoms with E-state index in [0.29, 0.717) is 19.4 Å². The van der Waals surface area contributed by atoms with Crippen molar-refractivity contribution in [3.05, 3.63) is 64.7 Å². The predicted molar refractivity (Wildman–Crippen MR) is 127 cm³/mol. The summed E-state index contributed by atoms with van der Waals surface area (Å²) in [5, 5.41) is 5.65. The quantitative estimate of drug-likeness (QED) is 0.144. The van der Waals surface area contributed by atoms with Crippen molar-refractivity contribution < 1.29 is 35.9 Å². The highest BCUT2D eigenvalue weighted by atomic mass is 31.1. The second-order valence-electron chi connectivity index (χ2n) is 8.32. The van der Waals surface area contributed by atoms with E-state index in [2.05, 4.69) is 27.3 Å². The van der Waals surface area contributed by atoms with Crippen LogP contribution in [-0.2, 0) is 28.0 Å². The molecule has 0 aliphatic carbocycles. The van der Waals surface area contributed by atoms with E-state index in [1.54, 1.807) is 0 Å². The van der Waals surface area contributed by atoms with E-state index in [-0.39, 0.29) is 30.9 Å². The summed E-state index contributed by atoms with van der Waals surface area (Å²) in [5.74, 6) is -5.00. The van der Waals surface area contributed by atoms with Gasteiger partial charge in [-0.25, -0.2) is 0 Å². The first kappa shape index (κ1) is 29.2. The summed E-state index contributed by atoms with van der Waals surface area (Å²) in [6.07, 6.45) is -2.13. The average Bonchev–Trinajstić information content (AvgIpc) is 2.79. The van der Waals surface area contributed by atoms with Gasteiger partial charge in [0.05, 0.1) is 12.2 Å². The molecule has 0 radical (unpaired) electrons. The minimum absolute atomic E-state index is 0.0343. The molecule has 0 amide bonds. The SMILES string of the molecule is Cc1ccc(CCCCCNc2ccc(CNCCCO[PH](=O)O)cc2C(F)(F)C(F)(F)F)cc1. The van der Waals surface area contributed by atoms with Crippen LogP contribution in [0.2, 0.25) is 0 Å². The molecule has 196 valence electrons. The smallest absolute Gasteiger partial charge is 0.385 e. The van der Waals surface area contributed by atoms with E-state index in [1.807, 2.05) is 19.1 Å². The minimum Gasteiger partial charge on any atom is -0.385 e. The van der Waals surface area contributed by atoms with Crippen LogP contribution in [0.15, 0.2) is 42.5 Å². The molecule has 0 aliphatic heterocycles. The maximum atomic E-state index is 14.3. The van der Waals surface area contributed by atoms with E-state index < -0.39 is 25.9 Å². The highest BCUT2D eigenvalue weighted by Crippen LogP contribution is 2.46. The van der Waals surface area contributed by atoms with Gasteiger partial charge in [-0.2, -0.15) is 22.0 Å². The van der Waals surface area contributed by atoms with Gasteiger partial charge in [-0.05, 0) is 62.4 Å². The molecule has 5 nitrogen and oxygen atoms in total. The third-order valence-corrected chi connectivity index (χ3v) is 5.86. The number of nitrogens with one attached hydrogen (secondary N) is 2. The first-order valence-electron chi connectivity index (χ1n) is 11.4. The molecule has 0 aliphatic rings. The number of halogens is 5. The Kier molecular flexibility index (Phi) is 11.6. The summed E-state index contributed by atoms with van der Waals surface area (Å²) in [6, 6.07) is 11.8. The van der Waals surface area contributed by atoms with Gasteiger partial charge in [-0.15, -0.1) is 0 Å². The number of alkyl halides is 5. The monoisotopic (exact) mass is 522 g/mol. The summed E-state index contributed by atoms with van der Waals surface area (Å²) in [6.45, 7) is 2.72. The average molecular weight is 522 g/mol. The second kappa shape index (κ2) is 13.9. The Morgan fingerprint density at radius 1 is 0.914 bits per heavy atom. The van der Waals surface area contributed by atoms with Crippen molar-refractivity contribution in [3.63, 3.8) is 0 Å². The zero-order chi connectivity index (χ0) is 25.9. The topological polar surface area (TPSA) is 70.6 Å². The van der Waals surface area contributed by atoms with Gasteiger partial charge < -0.3 is 20.1 Å². The molecule has 0 bridgehead atoms. The molecule has 0 saturated carbocycles. The fourth-order valence-corrected chi connectivity index (χ4v) is 3.79. The van der Waals surface area contributed by atoms with Gasteiger partial charge in [0.2, 0.25) is 0 Å². The molecule has 3 N–H and O–H groups in total. The molecule has 35 heavy (non-hydrogen) atoms. The zero-order valence-electron chi connectivity index (χ0n) is 19.6. The van der Waals surface area contributed by atoms with Crippen molar-refractivity contribution >= 4 is 13.9 Å². The van der Waals surface area contributed by atoms with Gasteiger partial charge in [0.25, 0.3) is 0 Å². The van der Waals surface area contributed by atoms with Crippen LogP contribution in [0.25, 0.3) is 0 Å². The Morgan fingerprint density at radius 2 is 1.60 bits per heavy atom. The summed E-state index contributed by atoms with van der Waals surface area (Å²) in [5.41, 5.74) is 1.31. The lowest BCUT2D eigenvalue weighted by Crippen LogP contribution is -2.34. The van der Waals surface area contributed by atoms with E-state index in [9.17, 15) is 26.5 Å². The standard InChI is InChI=1S/C24H32F5N2O3P/c1-18-7-9-19(10-8-18)6-3-2-4-14-31-22-12-11-20(17-30-13-5-15-34-35(32)33)16-21(22)23(25,26)24(27,28)29/h7-12,16,30-31,35H,2-6,13-15,17H2,1H3,(H,32,33). The maximum absolute atomic E-state index is 14.3. The maximum Gasteiger partial charge on any atom is 0.458 e. The normalized spacial score (nSPS) is 13.1. The largest absolute Gasteiger partial charge is 0.458 e. The van der Waals surface area contributed by atoms with Crippen molar-refractivity contribution in [3.8, 4) is 0 Å². The van der Waals surface area contributed by atoms with Crippen LogP contribution in [0.1, 0.15) is 47.9 Å². The first-order chi connectivity index (χ1) is 16.5. The second-order valence-corrected chi connectivity index (χ2v) is 9.14. The van der Waals surface area contributed by atoms with Crippen molar-refractivity contribution in [2.45, 2.75) is 57.7 Å². The van der Waals surface area contributed by atoms with Crippen molar-refractivity contribution in [2.24, 2.45) is 0 Å². The van der Waals surface area contributed by atoms with Crippen molar-refractivity contribution in [2.75, 3.05) is 25.0 Å². The Morgan fingerprint density at radius 3 is 2.26 bits per heavy atom. The molecular weight excluding hydrogens is 490 g/mol. The molecular formula is C24H32F5N2O3P. The van der Waals surface area contributed by atoms with Crippen molar-refractivity contribution in [1.29, 1.82) is 0 Å². The summed E-state index contributed by atoms with van der Waals surface area (Å²) in [7, 11) is -3.02. The van der Waals surface area contributed by atoms with E-state index in [1.165, 1.54) is 23.3 Å². The third-order valence-electron chi connectivity index (χ3n) is 5.41. The number of anilines is 1. The van der Waals surface area contributed by atoms with Crippen LogP contribution in [0.3, 0.4) is 0 Å². The van der Waals surface area contributed by atoms with Crippen LogP contribution in [0.5, 0.6) is 0 Å². The molecule has 0 aromatic heterocycles. The van der Waals surface area contributed by atoms with Crippen molar-refractivity contribution in [1.82, 2.24) is 5.32 Å². The molecule has 1 unspecified atom stereocenters. The minimum atomic E-state index is -5.72. The highest BCUT2D eigenvalue weighted by Gasteiger charge is 2.59. The lowest BCUT2D eigenvalue weighted by atomic mass is 10.0. The van der Waals surface area contributed by atoms with Gasteiger partial charge >= 0.3 is 20.4 Å². The Hall–Kier alpha value is -2.00. The van der Waals surface area contributed by atoms with Crippen LogP contribution in [0.4, 0.5) is 27.6 Å². The Labute approximate surface area is 203 Å².